The van der Waals surface area contributed by atoms with Crippen LogP contribution in [-0.2, 0) is 14.6 Å². The second-order valence-electron chi connectivity index (χ2n) is 6.13. The molecule has 0 amide bonds. The number of nitrogens with one attached hydrogen (secondary N) is 1. The van der Waals surface area contributed by atoms with E-state index in [0.717, 1.165) is 0 Å². The van der Waals surface area contributed by atoms with E-state index in [-0.39, 0.29) is 17.5 Å². The number of carbonyl (C=O) groups excluding carboxylic acids is 1. The highest BCUT2D eigenvalue weighted by molar-refractivity contribution is 7.91. The number of anilines is 3. The van der Waals surface area contributed by atoms with Gasteiger partial charge in [0.15, 0.2) is 9.84 Å². The Morgan fingerprint density at radius 2 is 2.12 bits per heavy atom. The zero-order chi connectivity index (χ0) is 18.7. The van der Waals surface area contributed by atoms with Crippen molar-refractivity contribution in [2.24, 2.45) is 0 Å². The monoisotopic (exact) mass is 376 g/mol. The second-order valence-corrected chi connectivity index (χ2v) is 8.36. The second kappa shape index (κ2) is 7.28. The quantitative estimate of drug-likeness (QED) is 0.786. The molecular formula is C17H20N4O4S. The lowest BCUT2D eigenvalue weighted by Crippen LogP contribution is -2.33. The molecular weight excluding hydrogens is 356 g/mol. The summed E-state index contributed by atoms with van der Waals surface area (Å²) >= 11 is 0. The summed E-state index contributed by atoms with van der Waals surface area (Å²) in [6.45, 7) is 0. The van der Waals surface area contributed by atoms with E-state index in [1.54, 1.807) is 24.3 Å². The molecule has 26 heavy (non-hydrogen) atoms. The molecule has 1 aliphatic heterocycles. The molecule has 9 heteroatoms. The Bertz CT molecular complexity index is 916. The van der Waals surface area contributed by atoms with Crippen LogP contribution in [0.5, 0.6) is 0 Å². The number of aromatic nitrogens is 2. The molecule has 1 saturated heterocycles. The first-order valence-corrected chi connectivity index (χ1v) is 9.91. The van der Waals surface area contributed by atoms with Crippen LogP contribution in [0.1, 0.15) is 16.8 Å². The number of benzene rings is 1. The van der Waals surface area contributed by atoms with Gasteiger partial charge in [-0.2, -0.15) is 0 Å². The van der Waals surface area contributed by atoms with E-state index in [1.807, 2.05) is 18.0 Å². The van der Waals surface area contributed by atoms with Gasteiger partial charge in [0.25, 0.3) is 0 Å². The predicted octanol–water partition coefficient (Wildman–Crippen LogP) is 1.63. The summed E-state index contributed by atoms with van der Waals surface area (Å²) in [7, 11) is 0.193. The van der Waals surface area contributed by atoms with Crippen molar-refractivity contribution in [3.63, 3.8) is 0 Å². The number of hydrogen-bond donors (Lipinski definition) is 1. The fraction of sp³-hybridized carbons (Fsp3) is 0.353. The van der Waals surface area contributed by atoms with E-state index in [0.29, 0.717) is 29.3 Å². The number of sulfone groups is 1. The average Bonchev–Trinajstić information content (AvgIpc) is 3.00. The molecule has 1 aliphatic rings. The minimum absolute atomic E-state index is 0.0922. The van der Waals surface area contributed by atoms with E-state index < -0.39 is 15.8 Å². The van der Waals surface area contributed by atoms with Gasteiger partial charge < -0.3 is 15.0 Å². The van der Waals surface area contributed by atoms with Gasteiger partial charge in [0.1, 0.15) is 18.0 Å². The Hall–Kier alpha value is -2.68. The minimum atomic E-state index is -2.97. The van der Waals surface area contributed by atoms with Gasteiger partial charge in [-0.1, -0.05) is 6.07 Å². The van der Waals surface area contributed by atoms with Crippen LogP contribution in [0.3, 0.4) is 0 Å². The highest BCUT2D eigenvalue weighted by Crippen LogP contribution is 2.24. The molecule has 2 heterocycles. The molecule has 138 valence electrons. The summed E-state index contributed by atoms with van der Waals surface area (Å²) in [6.07, 6.45) is 2.01. The molecule has 0 saturated carbocycles. The maximum atomic E-state index is 11.7. The van der Waals surface area contributed by atoms with Gasteiger partial charge in [-0.25, -0.2) is 23.2 Å². The van der Waals surface area contributed by atoms with Gasteiger partial charge >= 0.3 is 5.97 Å². The van der Waals surface area contributed by atoms with Gasteiger partial charge in [-0.05, 0) is 24.6 Å². The fourth-order valence-electron chi connectivity index (χ4n) is 2.87. The van der Waals surface area contributed by atoms with Crippen molar-refractivity contribution in [3.05, 3.63) is 42.2 Å². The van der Waals surface area contributed by atoms with Crippen molar-refractivity contribution in [2.45, 2.75) is 12.5 Å². The summed E-state index contributed by atoms with van der Waals surface area (Å²) in [4.78, 5) is 21.9. The molecule has 8 nitrogen and oxygen atoms in total. The van der Waals surface area contributed by atoms with Crippen molar-refractivity contribution in [1.29, 1.82) is 0 Å². The molecule has 1 fully saturated rings. The molecule has 0 bridgehead atoms. The third-order valence-electron chi connectivity index (χ3n) is 4.33. The average molecular weight is 376 g/mol. The SMILES string of the molecule is COC(=O)c1cccc(Nc2cc(N(C)C3CCS(=O)(=O)C3)ncn2)c1. The number of hydrogen-bond acceptors (Lipinski definition) is 8. The summed E-state index contributed by atoms with van der Waals surface area (Å²) in [5, 5.41) is 3.12. The van der Waals surface area contributed by atoms with E-state index in [9.17, 15) is 13.2 Å². The summed E-state index contributed by atoms with van der Waals surface area (Å²) in [5.41, 5.74) is 1.11. The third-order valence-corrected chi connectivity index (χ3v) is 6.08. The van der Waals surface area contributed by atoms with Crippen molar-refractivity contribution < 1.29 is 17.9 Å². The lowest BCUT2D eigenvalue weighted by atomic mass is 10.2. The number of rotatable bonds is 5. The standard InChI is InChI=1S/C17H20N4O4S/c1-21(14-6-7-26(23,24)10-14)16-9-15(18-11-19-16)20-13-5-3-4-12(8-13)17(22)25-2/h3-5,8-9,11,14H,6-7,10H2,1-2H3,(H,18,19,20). The summed E-state index contributed by atoms with van der Waals surface area (Å²) < 4.78 is 28.1. The molecule has 1 unspecified atom stereocenters. The molecule has 2 aromatic rings. The Morgan fingerprint density at radius 1 is 1.31 bits per heavy atom. The molecule has 3 rings (SSSR count). The van der Waals surface area contributed by atoms with Crippen LogP contribution in [0.25, 0.3) is 0 Å². The number of methoxy groups -OCH3 is 1. The maximum absolute atomic E-state index is 11.7. The topological polar surface area (TPSA) is 101 Å². The maximum Gasteiger partial charge on any atom is 0.337 e. The van der Waals surface area contributed by atoms with E-state index in [2.05, 4.69) is 15.3 Å². The van der Waals surface area contributed by atoms with E-state index in [1.165, 1.54) is 13.4 Å². The highest BCUT2D eigenvalue weighted by atomic mass is 32.2. The zero-order valence-corrected chi connectivity index (χ0v) is 15.4. The lowest BCUT2D eigenvalue weighted by Gasteiger charge is -2.24. The van der Waals surface area contributed by atoms with Crippen molar-refractivity contribution in [2.75, 3.05) is 35.9 Å². The van der Waals surface area contributed by atoms with Gasteiger partial charge in [-0.15, -0.1) is 0 Å². The lowest BCUT2D eigenvalue weighted by molar-refractivity contribution is 0.0601. The van der Waals surface area contributed by atoms with Crippen LogP contribution < -0.4 is 10.2 Å². The molecule has 0 aliphatic carbocycles. The van der Waals surface area contributed by atoms with Crippen LogP contribution in [0.2, 0.25) is 0 Å². The van der Waals surface area contributed by atoms with Crippen molar-refractivity contribution >= 4 is 33.1 Å². The summed E-state index contributed by atoms with van der Waals surface area (Å²) in [6, 6.07) is 8.53. The number of carbonyl (C=O) groups is 1. The number of nitrogens with zero attached hydrogens (tertiary/aromatic N) is 3. The summed E-state index contributed by atoms with van der Waals surface area (Å²) in [5.74, 6) is 1.10. The molecule has 1 aromatic carbocycles. The third kappa shape index (κ3) is 4.10. The number of ether oxygens (including phenoxy) is 1. The smallest absolute Gasteiger partial charge is 0.337 e. The van der Waals surface area contributed by atoms with Gasteiger partial charge in [-0.3, -0.25) is 0 Å². The van der Waals surface area contributed by atoms with Crippen LogP contribution in [0.15, 0.2) is 36.7 Å². The van der Waals surface area contributed by atoms with E-state index in [4.69, 9.17) is 4.74 Å². The Kier molecular flexibility index (Phi) is 5.08. The van der Waals surface area contributed by atoms with Crippen LogP contribution in [0, 0.1) is 0 Å². The van der Waals surface area contributed by atoms with Crippen LogP contribution in [-0.4, -0.2) is 56.1 Å². The zero-order valence-electron chi connectivity index (χ0n) is 14.5. The van der Waals surface area contributed by atoms with Gasteiger partial charge in [0.2, 0.25) is 0 Å². The molecule has 1 aromatic heterocycles. The van der Waals surface area contributed by atoms with Gasteiger partial charge in [0, 0.05) is 24.8 Å². The molecule has 0 radical (unpaired) electrons. The van der Waals surface area contributed by atoms with E-state index >= 15 is 0 Å². The molecule has 1 atom stereocenters. The Morgan fingerprint density at radius 3 is 2.81 bits per heavy atom. The van der Waals surface area contributed by atoms with Crippen LogP contribution in [0.4, 0.5) is 17.3 Å². The first-order chi connectivity index (χ1) is 12.4. The van der Waals surface area contributed by atoms with Crippen molar-refractivity contribution in [3.8, 4) is 0 Å². The minimum Gasteiger partial charge on any atom is -0.465 e. The van der Waals surface area contributed by atoms with Gasteiger partial charge in [0.05, 0.1) is 24.2 Å². The first kappa shape index (κ1) is 18.1. The Balaban J connectivity index is 1.77. The van der Waals surface area contributed by atoms with Crippen molar-refractivity contribution in [1.82, 2.24) is 9.97 Å². The van der Waals surface area contributed by atoms with Crippen LogP contribution >= 0.6 is 0 Å². The predicted molar refractivity (Wildman–Crippen MR) is 98.6 cm³/mol. The number of esters is 1. The largest absolute Gasteiger partial charge is 0.465 e. The molecule has 0 spiro atoms. The Labute approximate surface area is 152 Å². The normalized spacial score (nSPS) is 18.3. The molecule has 1 N–H and O–H groups in total. The highest BCUT2D eigenvalue weighted by Gasteiger charge is 2.31. The first-order valence-electron chi connectivity index (χ1n) is 8.09. The fourth-order valence-corrected chi connectivity index (χ4v) is 4.64.